The molecule has 0 bridgehead atoms. The highest BCUT2D eigenvalue weighted by Crippen LogP contribution is 2.24. The van der Waals surface area contributed by atoms with Crippen molar-refractivity contribution in [2.45, 2.75) is 32.6 Å². The predicted molar refractivity (Wildman–Crippen MR) is 143 cm³/mol. The summed E-state index contributed by atoms with van der Waals surface area (Å²) < 4.78 is 28.0. The Hall–Kier alpha value is -3.65. The highest BCUT2D eigenvalue weighted by Gasteiger charge is 2.27. The minimum atomic E-state index is -3.96. The van der Waals surface area contributed by atoms with E-state index in [1.54, 1.807) is 42.5 Å². The molecule has 0 saturated carbocycles. The Balaban J connectivity index is 1.76. The lowest BCUT2D eigenvalue weighted by Crippen LogP contribution is -2.39. The van der Waals surface area contributed by atoms with E-state index in [0.29, 0.717) is 5.69 Å². The average molecular weight is 493 g/mol. The van der Waals surface area contributed by atoms with Crippen molar-refractivity contribution in [1.82, 2.24) is 5.43 Å². The summed E-state index contributed by atoms with van der Waals surface area (Å²) in [5, 5.41) is 4.03. The van der Waals surface area contributed by atoms with Crippen LogP contribution < -0.4 is 14.6 Å². The first kappa shape index (κ1) is 26.0. The fourth-order valence-corrected chi connectivity index (χ4v) is 5.05. The molecule has 7 nitrogen and oxygen atoms in total. The lowest BCUT2D eigenvalue weighted by atomic mass is 10.2. The van der Waals surface area contributed by atoms with Gasteiger partial charge in [-0.2, -0.15) is 5.10 Å². The number of carbonyl (C=O) groups is 1. The highest BCUT2D eigenvalue weighted by atomic mass is 32.2. The van der Waals surface area contributed by atoms with Crippen LogP contribution in [0, 0.1) is 13.8 Å². The van der Waals surface area contributed by atoms with Crippen molar-refractivity contribution in [1.29, 1.82) is 0 Å². The number of hydrogen-bond donors (Lipinski definition) is 1. The molecule has 0 saturated heterocycles. The van der Waals surface area contributed by atoms with Crippen LogP contribution >= 0.6 is 0 Å². The summed E-state index contributed by atoms with van der Waals surface area (Å²) in [6.45, 7) is 9.40. The van der Waals surface area contributed by atoms with Gasteiger partial charge in [-0.15, -0.1) is 0 Å². The molecule has 0 unspecified atom stereocenters. The number of nitrogens with one attached hydrogen (secondary N) is 1. The maximum Gasteiger partial charge on any atom is 0.264 e. The Labute approximate surface area is 208 Å². The third kappa shape index (κ3) is 6.70. The van der Waals surface area contributed by atoms with Gasteiger partial charge in [-0.25, -0.2) is 13.8 Å². The normalized spacial score (nSPS) is 11.4. The third-order valence-corrected chi connectivity index (χ3v) is 7.40. The van der Waals surface area contributed by atoms with Crippen LogP contribution in [0.1, 0.15) is 30.5 Å². The predicted octanol–water partition coefficient (Wildman–Crippen LogP) is 4.50. The molecule has 3 aromatic carbocycles. The van der Waals surface area contributed by atoms with Crippen molar-refractivity contribution in [3.63, 3.8) is 0 Å². The zero-order valence-electron chi connectivity index (χ0n) is 20.6. The lowest BCUT2D eigenvalue weighted by molar-refractivity contribution is -0.119. The summed E-state index contributed by atoms with van der Waals surface area (Å²) in [6, 6.07) is 21.5. The molecule has 0 aliphatic carbocycles. The number of rotatable bonds is 10. The van der Waals surface area contributed by atoms with E-state index in [9.17, 15) is 13.2 Å². The SMILES string of the molecule is CCN(CC)c1ccc(/C=N\NC(=O)CN(c2cccc(C)c2)S(=O)(=O)c2ccc(C)cc2)cc1. The first-order chi connectivity index (χ1) is 16.7. The molecule has 1 amide bonds. The average Bonchev–Trinajstić information content (AvgIpc) is 2.84. The van der Waals surface area contributed by atoms with Crippen LogP contribution in [-0.4, -0.2) is 40.2 Å². The Kier molecular flexibility index (Phi) is 8.65. The number of hydrogen-bond acceptors (Lipinski definition) is 5. The molecule has 0 spiro atoms. The number of hydrazone groups is 1. The van der Waals surface area contributed by atoms with Gasteiger partial charge in [0.15, 0.2) is 0 Å². The smallest absolute Gasteiger partial charge is 0.264 e. The van der Waals surface area contributed by atoms with Crippen molar-refractivity contribution < 1.29 is 13.2 Å². The Morgan fingerprint density at radius 3 is 2.14 bits per heavy atom. The summed E-state index contributed by atoms with van der Waals surface area (Å²) in [5.41, 5.74) is 6.64. The quantitative estimate of drug-likeness (QED) is 0.334. The fourth-order valence-electron chi connectivity index (χ4n) is 3.64. The van der Waals surface area contributed by atoms with E-state index >= 15 is 0 Å². The molecule has 3 aromatic rings. The second kappa shape index (κ2) is 11.7. The van der Waals surface area contributed by atoms with Crippen molar-refractivity contribution >= 4 is 33.5 Å². The molecule has 184 valence electrons. The highest BCUT2D eigenvalue weighted by molar-refractivity contribution is 7.92. The molecule has 0 aliphatic heterocycles. The number of benzene rings is 3. The van der Waals surface area contributed by atoms with E-state index in [4.69, 9.17) is 0 Å². The van der Waals surface area contributed by atoms with E-state index in [1.807, 2.05) is 44.2 Å². The van der Waals surface area contributed by atoms with Crippen LogP contribution in [0.2, 0.25) is 0 Å². The Bertz CT molecular complexity index is 1270. The second-order valence-electron chi connectivity index (χ2n) is 8.22. The van der Waals surface area contributed by atoms with E-state index in [-0.39, 0.29) is 4.90 Å². The van der Waals surface area contributed by atoms with Gasteiger partial charge in [0.05, 0.1) is 16.8 Å². The van der Waals surface area contributed by atoms with Gasteiger partial charge in [0.1, 0.15) is 6.54 Å². The molecule has 0 aliphatic rings. The number of carbonyl (C=O) groups excluding carboxylic acids is 1. The maximum absolute atomic E-state index is 13.4. The minimum absolute atomic E-state index is 0.120. The Morgan fingerprint density at radius 2 is 1.54 bits per heavy atom. The van der Waals surface area contributed by atoms with Crippen LogP contribution in [0.25, 0.3) is 0 Å². The van der Waals surface area contributed by atoms with Gasteiger partial charge >= 0.3 is 0 Å². The van der Waals surface area contributed by atoms with E-state index < -0.39 is 22.5 Å². The fraction of sp³-hybridized carbons (Fsp3) is 0.259. The summed E-state index contributed by atoms with van der Waals surface area (Å²) >= 11 is 0. The number of amides is 1. The Morgan fingerprint density at radius 1 is 0.886 bits per heavy atom. The minimum Gasteiger partial charge on any atom is -0.372 e. The topological polar surface area (TPSA) is 82.1 Å². The standard InChI is InChI=1S/C27H32N4O3S/c1-5-30(6-2)24-14-12-23(13-15-24)19-28-29-27(32)20-31(25-9-7-8-22(4)18-25)35(33,34)26-16-10-21(3)11-17-26/h7-19H,5-6,20H2,1-4H3,(H,29,32)/b28-19-. The molecular formula is C27H32N4O3S. The monoisotopic (exact) mass is 492 g/mol. The van der Waals surface area contributed by atoms with Crippen molar-refractivity contribution in [2.24, 2.45) is 5.10 Å². The second-order valence-corrected chi connectivity index (χ2v) is 10.1. The van der Waals surface area contributed by atoms with Gasteiger partial charge in [0.2, 0.25) is 0 Å². The summed E-state index contributed by atoms with van der Waals surface area (Å²) in [7, 11) is -3.96. The zero-order chi connectivity index (χ0) is 25.4. The largest absolute Gasteiger partial charge is 0.372 e. The van der Waals surface area contributed by atoms with Crippen molar-refractivity contribution in [3.8, 4) is 0 Å². The van der Waals surface area contributed by atoms with E-state index in [1.165, 1.54) is 6.21 Å². The zero-order valence-corrected chi connectivity index (χ0v) is 21.4. The number of anilines is 2. The molecular weight excluding hydrogens is 460 g/mol. The number of nitrogens with zero attached hydrogens (tertiary/aromatic N) is 3. The maximum atomic E-state index is 13.4. The summed E-state index contributed by atoms with van der Waals surface area (Å²) in [6.07, 6.45) is 1.54. The van der Waals surface area contributed by atoms with Gasteiger partial charge in [0.25, 0.3) is 15.9 Å². The molecule has 0 aromatic heterocycles. The van der Waals surface area contributed by atoms with Crippen LogP contribution in [0.5, 0.6) is 0 Å². The van der Waals surface area contributed by atoms with Crippen molar-refractivity contribution in [3.05, 3.63) is 89.5 Å². The first-order valence-electron chi connectivity index (χ1n) is 11.6. The molecule has 3 rings (SSSR count). The lowest BCUT2D eigenvalue weighted by Gasteiger charge is -2.24. The van der Waals surface area contributed by atoms with Crippen LogP contribution in [-0.2, 0) is 14.8 Å². The molecule has 35 heavy (non-hydrogen) atoms. The molecule has 0 heterocycles. The van der Waals surface area contributed by atoms with Gasteiger partial charge in [-0.05, 0) is 75.2 Å². The molecule has 0 atom stereocenters. The van der Waals surface area contributed by atoms with E-state index in [2.05, 4.69) is 29.3 Å². The van der Waals surface area contributed by atoms with Crippen LogP contribution in [0.4, 0.5) is 11.4 Å². The van der Waals surface area contributed by atoms with Crippen molar-refractivity contribution in [2.75, 3.05) is 28.8 Å². The molecule has 1 N–H and O–H groups in total. The van der Waals surface area contributed by atoms with E-state index in [0.717, 1.165) is 39.8 Å². The molecule has 8 heteroatoms. The summed E-state index contributed by atoms with van der Waals surface area (Å²) in [5.74, 6) is -0.543. The van der Waals surface area contributed by atoms with Gasteiger partial charge in [0, 0.05) is 18.8 Å². The number of aryl methyl sites for hydroxylation is 2. The van der Waals surface area contributed by atoms with Crippen LogP contribution in [0.3, 0.4) is 0 Å². The van der Waals surface area contributed by atoms with Gasteiger partial charge in [-0.1, -0.05) is 42.0 Å². The third-order valence-electron chi connectivity index (χ3n) is 5.61. The first-order valence-corrected chi connectivity index (χ1v) is 13.0. The molecule has 0 radical (unpaired) electrons. The van der Waals surface area contributed by atoms with Gasteiger partial charge in [-0.3, -0.25) is 9.10 Å². The molecule has 0 fully saturated rings. The van der Waals surface area contributed by atoms with Gasteiger partial charge < -0.3 is 4.90 Å². The summed E-state index contributed by atoms with van der Waals surface area (Å²) in [4.78, 5) is 15.1. The number of sulfonamides is 1. The van der Waals surface area contributed by atoms with Crippen LogP contribution in [0.15, 0.2) is 82.8 Å².